The number of likely N-dealkylation sites (tertiary alicyclic amines) is 1. The van der Waals surface area contributed by atoms with Crippen molar-refractivity contribution in [3.8, 4) is 5.75 Å². The molecular formula is C30H31N3O4S. The van der Waals surface area contributed by atoms with E-state index < -0.39 is 9.84 Å². The number of nitrogens with one attached hydrogen (secondary N) is 1. The number of carbonyl (C=O) groups is 1. The number of sulfone groups is 1. The molecule has 1 amide bonds. The molecule has 5 rings (SSSR count). The number of anilines is 3. The summed E-state index contributed by atoms with van der Waals surface area (Å²) in [5.74, 6) is -0.294. The molecule has 1 fully saturated rings. The van der Waals surface area contributed by atoms with Gasteiger partial charge in [0.15, 0.2) is 0 Å². The molecule has 8 heteroatoms. The Balaban J connectivity index is 1.66. The first-order chi connectivity index (χ1) is 18.3. The molecule has 196 valence electrons. The lowest BCUT2D eigenvalue weighted by Crippen LogP contribution is -2.35. The van der Waals surface area contributed by atoms with Gasteiger partial charge in [0.05, 0.1) is 21.0 Å². The van der Waals surface area contributed by atoms with E-state index in [0.717, 1.165) is 24.9 Å². The number of carbonyl (C=O) groups excluding carboxylic acids is 1. The summed E-state index contributed by atoms with van der Waals surface area (Å²) in [6.07, 6.45) is 2.95. The van der Waals surface area contributed by atoms with E-state index in [2.05, 4.69) is 5.32 Å². The van der Waals surface area contributed by atoms with Crippen molar-refractivity contribution < 1.29 is 18.3 Å². The Morgan fingerprint density at radius 1 is 0.842 bits per heavy atom. The Kier molecular flexibility index (Phi) is 6.99. The number of rotatable bonds is 6. The van der Waals surface area contributed by atoms with E-state index >= 15 is 0 Å². The van der Waals surface area contributed by atoms with Crippen LogP contribution in [0.5, 0.6) is 5.75 Å². The van der Waals surface area contributed by atoms with Crippen molar-refractivity contribution >= 4 is 43.6 Å². The molecule has 0 saturated carbocycles. The minimum atomic E-state index is -3.86. The highest BCUT2D eigenvalue weighted by atomic mass is 32.2. The minimum absolute atomic E-state index is 0.0678. The molecule has 2 N–H and O–H groups in total. The summed E-state index contributed by atoms with van der Waals surface area (Å²) in [7, 11) is -0.156. The zero-order chi connectivity index (χ0) is 26.9. The van der Waals surface area contributed by atoms with Crippen LogP contribution in [0, 0.1) is 0 Å². The Morgan fingerprint density at radius 3 is 2.18 bits per heavy atom. The molecule has 7 nitrogen and oxygen atoms in total. The number of fused-ring (bicyclic) bond motifs is 1. The highest BCUT2D eigenvalue weighted by Crippen LogP contribution is 2.39. The van der Waals surface area contributed by atoms with Gasteiger partial charge in [-0.05, 0) is 55.7 Å². The van der Waals surface area contributed by atoms with Gasteiger partial charge in [0, 0.05) is 49.3 Å². The van der Waals surface area contributed by atoms with E-state index in [4.69, 9.17) is 0 Å². The van der Waals surface area contributed by atoms with Crippen LogP contribution in [0.3, 0.4) is 0 Å². The standard InChI is InChI=1S/C30H31N3O4S/c1-32(2)21-15-16-26(28(19-21)38(36,37)22-11-5-3-6-12-22)31-27-20-25(30(35)33-17-9-4-10-18-33)29(34)24-14-8-7-13-23(24)27/h3,5-8,11-16,19-20,31,34H,4,9-10,17-18H2,1-2H3. The van der Waals surface area contributed by atoms with Crippen molar-refractivity contribution in [2.45, 2.75) is 29.1 Å². The largest absolute Gasteiger partial charge is 0.506 e. The zero-order valence-corrected chi connectivity index (χ0v) is 22.3. The van der Waals surface area contributed by atoms with Gasteiger partial charge in [-0.15, -0.1) is 0 Å². The molecule has 0 aliphatic carbocycles. The number of phenols is 1. The van der Waals surface area contributed by atoms with Crippen molar-refractivity contribution in [2.75, 3.05) is 37.4 Å². The van der Waals surface area contributed by atoms with Gasteiger partial charge >= 0.3 is 0 Å². The van der Waals surface area contributed by atoms with E-state index in [1.54, 1.807) is 65.6 Å². The molecule has 1 aliphatic heterocycles. The van der Waals surface area contributed by atoms with Crippen molar-refractivity contribution in [1.29, 1.82) is 0 Å². The lowest BCUT2D eigenvalue weighted by molar-refractivity contribution is 0.0721. The summed E-state index contributed by atoms with van der Waals surface area (Å²) in [5.41, 5.74) is 1.86. The van der Waals surface area contributed by atoms with Crippen LogP contribution >= 0.6 is 0 Å². The van der Waals surface area contributed by atoms with Crippen molar-refractivity contribution in [1.82, 2.24) is 4.90 Å². The summed E-state index contributed by atoms with van der Waals surface area (Å²) in [6, 6.07) is 22.4. The SMILES string of the molecule is CN(C)c1ccc(Nc2cc(C(=O)N3CCCCC3)c(O)c3ccccc23)c(S(=O)(=O)c2ccccc2)c1. The maximum Gasteiger partial charge on any atom is 0.257 e. The Morgan fingerprint density at radius 2 is 1.50 bits per heavy atom. The van der Waals surface area contributed by atoms with Gasteiger partial charge in [0.2, 0.25) is 9.84 Å². The Hall–Kier alpha value is -4.04. The third kappa shape index (κ3) is 4.79. The summed E-state index contributed by atoms with van der Waals surface area (Å²) in [6.45, 7) is 1.30. The average molecular weight is 530 g/mol. The second-order valence-corrected chi connectivity index (χ2v) is 11.7. The monoisotopic (exact) mass is 529 g/mol. The lowest BCUT2D eigenvalue weighted by atomic mass is 10.0. The number of phenolic OH excluding ortho intramolecular Hbond substituents is 1. The third-order valence-corrected chi connectivity index (χ3v) is 8.79. The summed E-state index contributed by atoms with van der Waals surface area (Å²) in [4.78, 5) is 17.4. The second kappa shape index (κ2) is 10.4. The molecule has 38 heavy (non-hydrogen) atoms. The van der Waals surface area contributed by atoms with E-state index in [1.807, 2.05) is 37.2 Å². The first-order valence-electron chi connectivity index (χ1n) is 12.7. The third-order valence-electron chi connectivity index (χ3n) is 6.98. The normalized spacial score (nSPS) is 13.9. The number of aromatic hydroxyl groups is 1. The fraction of sp³-hybridized carbons (Fsp3) is 0.233. The van der Waals surface area contributed by atoms with Crippen molar-refractivity contribution in [2.24, 2.45) is 0 Å². The van der Waals surface area contributed by atoms with E-state index in [-0.39, 0.29) is 27.0 Å². The van der Waals surface area contributed by atoms with E-state index in [1.165, 1.54) is 0 Å². The summed E-state index contributed by atoms with van der Waals surface area (Å²) >= 11 is 0. The van der Waals surface area contributed by atoms with Crippen molar-refractivity contribution in [3.63, 3.8) is 0 Å². The summed E-state index contributed by atoms with van der Waals surface area (Å²) < 4.78 is 27.5. The van der Waals surface area contributed by atoms with Gasteiger partial charge in [0.25, 0.3) is 5.91 Å². The maximum atomic E-state index is 13.8. The number of nitrogens with zero attached hydrogens (tertiary/aromatic N) is 2. The molecular weight excluding hydrogens is 498 g/mol. The molecule has 0 aromatic heterocycles. The molecule has 0 spiro atoms. The summed E-state index contributed by atoms with van der Waals surface area (Å²) in [5, 5.41) is 15.6. The topological polar surface area (TPSA) is 89.9 Å². The maximum absolute atomic E-state index is 13.8. The quantitative estimate of drug-likeness (QED) is 0.306. The molecule has 4 aromatic rings. The highest BCUT2D eigenvalue weighted by molar-refractivity contribution is 7.91. The van der Waals surface area contributed by atoms with Gasteiger partial charge in [-0.1, -0.05) is 42.5 Å². The van der Waals surface area contributed by atoms with Crippen molar-refractivity contribution in [3.05, 3.63) is 84.4 Å². The predicted octanol–water partition coefficient (Wildman–Crippen LogP) is 5.81. The Bertz CT molecular complexity index is 1600. The molecule has 0 atom stereocenters. The van der Waals surface area contributed by atoms with Crippen LogP contribution in [0.25, 0.3) is 10.8 Å². The molecule has 1 heterocycles. The van der Waals surface area contributed by atoms with Crippen LogP contribution in [-0.2, 0) is 9.84 Å². The first kappa shape index (κ1) is 25.6. The van der Waals surface area contributed by atoms with Gasteiger partial charge in [-0.3, -0.25) is 4.79 Å². The Labute approximate surface area is 223 Å². The fourth-order valence-corrected chi connectivity index (χ4v) is 6.33. The number of benzene rings is 4. The molecule has 0 bridgehead atoms. The average Bonchev–Trinajstić information content (AvgIpc) is 2.95. The van der Waals surface area contributed by atoms with Gasteiger partial charge in [-0.25, -0.2) is 8.42 Å². The van der Waals surface area contributed by atoms with Crippen LogP contribution in [0.1, 0.15) is 29.6 Å². The fourth-order valence-electron chi connectivity index (χ4n) is 4.88. The van der Waals surface area contributed by atoms with Gasteiger partial charge in [0.1, 0.15) is 5.75 Å². The number of hydrogen-bond acceptors (Lipinski definition) is 6. The van der Waals surface area contributed by atoms with Gasteiger partial charge < -0.3 is 20.2 Å². The zero-order valence-electron chi connectivity index (χ0n) is 21.5. The lowest BCUT2D eigenvalue weighted by Gasteiger charge is -2.27. The second-order valence-electron chi connectivity index (χ2n) is 9.74. The van der Waals surface area contributed by atoms with Crippen LogP contribution < -0.4 is 10.2 Å². The van der Waals surface area contributed by atoms with E-state index in [9.17, 15) is 18.3 Å². The number of piperidine rings is 1. The predicted molar refractivity (Wildman–Crippen MR) is 151 cm³/mol. The van der Waals surface area contributed by atoms with Crippen LogP contribution in [0.15, 0.2) is 88.7 Å². The number of amides is 1. The molecule has 1 saturated heterocycles. The molecule has 0 unspecified atom stereocenters. The van der Waals surface area contributed by atoms with Crippen LogP contribution in [-0.4, -0.2) is 51.5 Å². The molecule has 4 aromatic carbocycles. The highest BCUT2D eigenvalue weighted by Gasteiger charge is 2.26. The molecule has 1 aliphatic rings. The van der Waals surface area contributed by atoms with Gasteiger partial charge in [-0.2, -0.15) is 0 Å². The minimum Gasteiger partial charge on any atom is -0.506 e. The smallest absolute Gasteiger partial charge is 0.257 e. The number of hydrogen-bond donors (Lipinski definition) is 2. The van der Waals surface area contributed by atoms with Crippen LogP contribution in [0.2, 0.25) is 0 Å². The first-order valence-corrected chi connectivity index (χ1v) is 14.2. The molecule has 0 radical (unpaired) electrons. The van der Waals surface area contributed by atoms with Crippen LogP contribution in [0.4, 0.5) is 17.1 Å². The van der Waals surface area contributed by atoms with E-state index in [0.29, 0.717) is 35.2 Å².